The Hall–Kier alpha value is -2.84. The molecule has 3 aromatic carbocycles. The number of aryl methyl sites for hydroxylation is 1. The van der Waals surface area contributed by atoms with Crippen LogP contribution >= 0.6 is 11.6 Å². The SMILES string of the molecule is Cc1ccc(Cl)c(N/C=C/C(=O)c2ccc(-c3ccccc3)cc2)c1. The first-order valence-electron chi connectivity index (χ1n) is 8.02. The lowest BCUT2D eigenvalue weighted by Gasteiger charge is -2.05. The second-order valence-corrected chi connectivity index (χ2v) is 6.18. The zero-order chi connectivity index (χ0) is 17.6. The maximum absolute atomic E-state index is 12.3. The van der Waals surface area contributed by atoms with E-state index in [1.54, 1.807) is 6.20 Å². The van der Waals surface area contributed by atoms with Gasteiger partial charge >= 0.3 is 0 Å². The highest BCUT2D eigenvalue weighted by Gasteiger charge is 2.03. The van der Waals surface area contributed by atoms with Gasteiger partial charge in [-0.1, -0.05) is 72.3 Å². The maximum atomic E-state index is 12.3. The molecular formula is C22H18ClNO. The fraction of sp³-hybridized carbons (Fsp3) is 0.0455. The summed E-state index contributed by atoms with van der Waals surface area (Å²) in [6.07, 6.45) is 3.13. The van der Waals surface area contributed by atoms with E-state index >= 15 is 0 Å². The Morgan fingerprint density at radius 3 is 2.32 bits per heavy atom. The number of halogens is 1. The van der Waals surface area contributed by atoms with Crippen LogP contribution in [0.15, 0.2) is 85.1 Å². The molecule has 0 aliphatic carbocycles. The summed E-state index contributed by atoms with van der Waals surface area (Å²) in [5.41, 5.74) is 4.75. The van der Waals surface area contributed by atoms with Crippen molar-refractivity contribution < 1.29 is 4.79 Å². The van der Waals surface area contributed by atoms with Crippen LogP contribution in [0.25, 0.3) is 11.1 Å². The maximum Gasteiger partial charge on any atom is 0.187 e. The van der Waals surface area contributed by atoms with Crippen LogP contribution in [-0.2, 0) is 0 Å². The summed E-state index contributed by atoms with van der Waals surface area (Å²) in [4.78, 5) is 12.3. The van der Waals surface area contributed by atoms with Crippen LogP contribution in [0.2, 0.25) is 5.02 Å². The van der Waals surface area contributed by atoms with Crippen LogP contribution in [-0.4, -0.2) is 5.78 Å². The monoisotopic (exact) mass is 347 g/mol. The van der Waals surface area contributed by atoms with Crippen molar-refractivity contribution >= 4 is 23.1 Å². The summed E-state index contributed by atoms with van der Waals surface area (Å²) in [7, 11) is 0. The van der Waals surface area contributed by atoms with Crippen LogP contribution in [0.4, 0.5) is 5.69 Å². The number of hydrogen-bond donors (Lipinski definition) is 1. The molecule has 124 valence electrons. The van der Waals surface area contributed by atoms with Crippen LogP contribution in [0, 0.1) is 6.92 Å². The first kappa shape index (κ1) is 17.0. The van der Waals surface area contributed by atoms with E-state index in [0.717, 1.165) is 22.4 Å². The van der Waals surface area contributed by atoms with Crippen LogP contribution in [0.3, 0.4) is 0 Å². The van der Waals surface area contributed by atoms with Crippen molar-refractivity contribution in [2.24, 2.45) is 0 Å². The zero-order valence-corrected chi connectivity index (χ0v) is 14.6. The van der Waals surface area contributed by atoms with Crippen molar-refractivity contribution in [3.63, 3.8) is 0 Å². The van der Waals surface area contributed by atoms with E-state index in [2.05, 4.69) is 5.32 Å². The molecule has 0 saturated carbocycles. The van der Waals surface area contributed by atoms with E-state index in [0.29, 0.717) is 10.6 Å². The summed E-state index contributed by atoms with van der Waals surface area (Å²) < 4.78 is 0. The van der Waals surface area contributed by atoms with Crippen LogP contribution in [0.1, 0.15) is 15.9 Å². The molecule has 0 unspecified atom stereocenters. The topological polar surface area (TPSA) is 29.1 Å². The number of ketones is 1. The van der Waals surface area contributed by atoms with E-state index < -0.39 is 0 Å². The summed E-state index contributed by atoms with van der Waals surface area (Å²) >= 11 is 6.12. The standard InChI is InChI=1S/C22H18ClNO/c1-16-7-12-20(23)21(15-16)24-14-13-22(25)19-10-8-18(9-11-19)17-5-3-2-4-6-17/h2-15,24H,1H3/b14-13+. The lowest BCUT2D eigenvalue weighted by molar-refractivity contribution is 0.104. The smallest absolute Gasteiger partial charge is 0.187 e. The first-order chi connectivity index (χ1) is 12.1. The lowest BCUT2D eigenvalue weighted by Crippen LogP contribution is -1.96. The Morgan fingerprint density at radius 2 is 1.60 bits per heavy atom. The van der Waals surface area contributed by atoms with Crippen molar-refractivity contribution in [3.05, 3.63) is 101 Å². The molecule has 3 rings (SSSR count). The van der Waals surface area contributed by atoms with Gasteiger partial charge in [0.05, 0.1) is 10.7 Å². The Morgan fingerprint density at radius 1 is 0.920 bits per heavy atom. The average molecular weight is 348 g/mol. The Labute approximate surface area is 152 Å². The largest absolute Gasteiger partial charge is 0.360 e. The van der Waals surface area contributed by atoms with Gasteiger partial charge in [0.15, 0.2) is 5.78 Å². The fourth-order valence-electron chi connectivity index (χ4n) is 2.51. The minimum absolute atomic E-state index is 0.0594. The molecule has 0 atom stereocenters. The number of allylic oxidation sites excluding steroid dienone is 1. The molecular weight excluding hydrogens is 330 g/mol. The van der Waals surface area contributed by atoms with Gasteiger partial charge in [0, 0.05) is 17.8 Å². The van der Waals surface area contributed by atoms with E-state index in [1.165, 1.54) is 6.08 Å². The molecule has 0 bridgehead atoms. The fourth-order valence-corrected chi connectivity index (χ4v) is 2.68. The molecule has 0 spiro atoms. The highest BCUT2D eigenvalue weighted by molar-refractivity contribution is 6.33. The second-order valence-electron chi connectivity index (χ2n) is 5.77. The number of nitrogens with one attached hydrogen (secondary N) is 1. The molecule has 3 heteroatoms. The van der Waals surface area contributed by atoms with Gasteiger partial charge in [0.2, 0.25) is 0 Å². The van der Waals surface area contributed by atoms with E-state index in [9.17, 15) is 4.79 Å². The number of benzene rings is 3. The third-order valence-electron chi connectivity index (χ3n) is 3.87. The molecule has 0 radical (unpaired) electrons. The third kappa shape index (κ3) is 4.37. The van der Waals surface area contributed by atoms with Gasteiger partial charge in [0.25, 0.3) is 0 Å². The van der Waals surface area contributed by atoms with Gasteiger partial charge in [-0.15, -0.1) is 0 Å². The average Bonchev–Trinajstić information content (AvgIpc) is 2.65. The molecule has 0 aliphatic rings. The highest BCUT2D eigenvalue weighted by atomic mass is 35.5. The molecule has 1 N–H and O–H groups in total. The van der Waals surface area contributed by atoms with E-state index in [4.69, 9.17) is 11.6 Å². The molecule has 3 aromatic rings. The van der Waals surface area contributed by atoms with Crippen molar-refractivity contribution in [3.8, 4) is 11.1 Å². The normalized spacial score (nSPS) is 10.8. The molecule has 0 aliphatic heterocycles. The van der Waals surface area contributed by atoms with Gasteiger partial charge < -0.3 is 5.32 Å². The van der Waals surface area contributed by atoms with Gasteiger partial charge in [-0.2, -0.15) is 0 Å². The quantitative estimate of drug-likeness (QED) is 0.444. The second kappa shape index (κ2) is 7.82. The van der Waals surface area contributed by atoms with Gasteiger partial charge in [-0.25, -0.2) is 0 Å². The molecule has 0 heterocycles. The Bertz CT molecular complexity index is 899. The van der Waals surface area contributed by atoms with Crippen molar-refractivity contribution in [1.29, 1.82) is 0 Å². The molecule has 2 nitrogen and oxygen atoms in total. The number of carbonyl (C=O) groups is 1. The molecule has 0 amide bonds. The van der Waals surface area contributed by atoms with Crippen molar-refractivity contribution in [2.45, 2.75) is 6.92 Å². The highest BCUT2D eigenvalue weighted by Crippen LogP contribution is 2.23. The molecule has 0 aromatic heterocycles. The van der Waals surface area contributed by atoms with Crippen molar-refractivity contribution in [1.82, 2.24) is 0 Å². The number of rotatable bonds is 5. The molecule has 0 saturated heterocycles. The predicted molar refractivity (Wildman–Crippen MR) is 105 cm³/mol. The Balaban J connectivity index is 1.68. The van der Waals surface area contributed by atoms with Gasteiger partial charge in [-0.3, -0.25) is 4.79 Å². The molecule has 0 fully saturated rings. The summed E-state index contributed by atoms with van der Waals surface area (Å²) in [5, 5.41) is 3.68. The first-order valence-corrected chi connectivity index (χ1v) is 8.40. The van der Waals surface area contributed by atoms with E-state index in [-0.39, 0.29) is 5.78 Å². The van der Waals surface area contributed by atoms with Crippen LogP contribution in [0.5, 0.6) is 0 Å². The summed E-state index contributed by atoms with van der Waals surface area (Å²) in [5.74, 6) is -0.0594. The molecule has 25 heavy (non-hydrogen) atoms. The zero-order valence-electron chi connectivity index (χ0n) is 13.9. The predicted octanol–water partition coefficient (Wildman–Crippen LogP) is 6.12. The summed E-state index contributed by atoms with van der Waals surface area (Å²) in [6, 6.07) is 23.4. The van der Waals surface area contributed by atoms with E-state index in [1.807, 2.05) is 79.7 Å². The number of anilines is 1. The minimum atomic E-state index is -0.0594. The number of hydrogen-bond acceptors (Lipinski definition) is 2. The van der Waals surface area contributed by atoms with Gasteiger partial charge in [0.1, 0.15) is 0 Å². The lowest BCUT2D eigenvalue weighted by atomic mass is 10.0. The summed E-state index contributed by atoms with van der Waals surface area (Å²) in [6.45, 7) is 1.99. The Kier molecular flexibility index (Phi) is 5.32. The van der Waals surface area contributed by atoms with Crippen molar-refractivity contribution in [2.75, 3.05) is 5.32 Å². The van der Waals surface area contributed by atoms with Gasteiger partial charge in [-0.05, 0) is 35.7 Å². The third-order valence-corrected chi connectivity index (χ3v) is 4.20. The number of carbonyl (C=O) groups excluding carboxylic acids is 1. The minimum Gasteiger partial charge on any atom is -0.360 e. The van der Waals surface area contributed by atoms with Crippen LogP contribution < -0.4 is 5.32 Å².